The Labute approximate surface area is 774 Å². The lowest BCUT2D eigenvalue weighted by atomic mass is 9.54. The second-order valence-electron chi connectivity index (χ2n) is 39.9. The number of fused-ring (bicyclic) bond motifs is 15. The molecule has 2 aromatic carbocycles. The number of ether oxygens (including phenoxy) is 6. The molecule has 9 aliphatic carbocycles. The maximum atomic E-state index is 16.8. The van der Waals surface area contributed by atoms with Crippen molar-refractivity contribution in [3.05, 3.63) is 42.0 Å². The Hall–Kier alpha value is -6.67. The maximum Gasteiger partial charge on any atom is 0.247 e. The van der Waals surface area contributed by atoms with Crippen LogP contribution < -0.4 is 83.0 Å². The zero-order valence-corrected chi connectivity index (χ0v) is 77.4. The van der Waals surface area contributed by atoms with Crippen molar-refractivity contribution >= 4 is 80.5 Å². The lowest BCUT2D eigenvalue weighted by Gasteiger charge is -2.55. The van der Waals surface area contributed by atoms with Gasteiger partial charge in [-0.2, -0.15) is 0 Å². The molecule has 0 spiro atoms. The van der Waals surface area contributed by atoms with E-state index in [9.17, 15) is 64.0 Å². The number of aliphatic hydroxyl groups is 9. The van der Waals surface area contributed by atoms with Crippen LogP contribution in [0.25, 0.3) is 0 Å². The summed E-state index contributed by atoms with van der Waals surface area (Å²) in [5.74, 6) is -16.6. The van der Waals surface area contributed by atoms with Gasteiger partial charge in [0.1, 0.15) is 72.5 Å². The Morgan fingerprint density at radius 1 is 0.641 bits per heavy atom. The number of sulfonamides is 1. The van der Waals surface area contributed by atoms with E-state index in [4.69, 9.17) is 63.1 Å². The number of rotatable bonds is 27. The monoisotopic (exact) mass is 1900 g/mol. The van der Waals surface area contributed by atoms with E-state index in [1.807, 2.05) is 13.8 Å². The first-order valence-corrected chi connectivity index (χ1v) is 49.9. The predicted molar refractivity (Wildman–Crippen MR) is 474 cm³/mol. The molecule has 17 rings (SSSR count). The van der Waals surface area contributed by atoms with Crippen molar-refractivity contribution in [2.24, 2.45) is 88.4 Å². The van der Waals surface area contributed by atoms with Gasteiger partial charge in [0.25, 0.3) is 0 Å². The van der Waals surface area contributed by atoms with E-state index in [-0.39, 0.29) is 155 Å². The molecule has 0 aromatic heterocycles. The lowest BCUT2D eigenvalue weighted by Crippen LogP contribution is -2.68. The van der Waals surface area contributed by atoms with Gasteiger partial charge < -0.3 is 134 Å². The zero-order chi connectivity index (χ0) is 93.9. The number of carbonyl (C=O) groups excluding carboxylic acids is 8. The normalized spacial score (nSPS) is 40.0. The van der Waals surface area contributed by atoms with E-state index in [1.165, 1.54) is 31.3 Å². The van der Waals surface area contributed by atoms with Gasteiger partial charge in [0, 0.05) is 56.6 Å². The third-order valence-electron chi connectivity index (χ3n) is 30.5. The maximum absolute atomic E-state index is 16.8. The van der Waals surface area contributed by atoms with Crippen molar-refractivity contribution in [1.29, 1.82) is 0 Å². The molecule has 6 unspecified atom stereocenters. The average molecular weight is 1900 g/mol. The van der Waals surface area contributed by atoms with Crippen molar-refractivity contribution < 1.29 is 121 Å². The standard InChI is InChI=1S/C91H138Cl2N12O25S/c1-6-7-8-9-22-125-51-13-15-52(16-14-51)131(123,124)98-21-20-97-38-55-62(108)35-54-70(81(55)114)53-29-44(10-17-61(53)107)72-87(118)105-76(91(122)103-74(54)89(120)100-71-47-25-42-24-43(27-47)28-48(71)26-42)79(112)46-12-19-64(57(93)31-46)128-66-33-49-32-65(83(66)129-67-34-50(39-106)80(113)82(115)84(67)130-69-36-58(94)77(110)41(4)126-69)127-63-18-11-45(30-56(63)92)78(111)75(104-85(116)59(96-5)23-40(2)3)90(121)99-60(37-68(95)109)86(117)101-73(49)88(119)102-72/h13-16,32-33,40-48,50,53-64,67,69-82,84,96-98,106-108,110-115H,6-12,17-31,34-39,94H2,1-5H3,(H2,95,109)(H,99,121)(H,100,120)(H,101,117)(H,102,119)(H,103,122)(H,104,116)(H,105,118)/t41-,42?,43?,44-,45-,46-,47?,48?,50+,53?,54?,55?,56+,57?,58-,59+,60-,61+,62?,63+,64+,67+,69-,70?,71?,72+,73+,74-,75+,76-,77+,78+,79+,80+,81-,82-,84-/m0/s1. The number of likely N-dealkylation sites (N-methyl/N-ethyl adjacent to an activating group) is 1. The molecule has 6 heterocycles. The Morgan fingerprint density at radius 3 is 1.90 bits per heavy atom. The molecule has 2 aromatic rings. The SMILES string of the molecule is CCCCCCOc1ccc(S(=O)(=O)NCCNCC2C(O)CC3C(C4C[C@H](CC[C@H]4O)[C@H]4NC(=O)[C@@H]5NC(=O)[C@H](CC(N)=O)NC(=O)[C@H](NC(=O)[C@@H](CC(C)C)NC)[C@H](O)[C@H]6CC[C@@H](Oc7cc5cc(c7O[C@@H]5C[C@H](CO)[C@@H](O)[C@H](O)[C@H]5O[C@H]5C[C@H](N)[C@H](O)[C@H](C)O5)O[C@@H]5CC[C@@H](CC5Cl)[C@@H](O)[C@H](NC4=O)C(=O)N[C@@H]3C(=O)NC3C4CC5CC(C4)CC3C5)[C@H](Cl)C6)[C@H]2O)cc1. The molecule has 40 heteroatoms. The first-order chi connectivity index (χ1) is 62.5. The first kappa shape index (κ1) is 100. The van der Waals surface area contributed by atoms with Gasteiger partial charge in [0.2, 0.25) is 63.0 Å². The highest BCUT2D eigenvalue weighted by molar-refractivity contribution is 7.89. The lowest BCUT2D eigenvalue weighted by molar-refractivity contribution is -0.278. The fourth-order valence-electron chi connectivity index (χ4n) is 23.7. The molecule has 15 bridgehead atoms. The Kier molecular flexibility index (Phi) is 33.5. The second kappa shape index (κ2) is 43.8. The van der Waals surface area contributed by atoms with Crippen LogP contribution in [0.2, 0.25) is 0 Å². The average Bonchev–Trinajstić information content (AvgIpc) is 0.731. The molecule has 131 heavy (non-hydrogen) atoms. The molecule has 9 saturated carbocycles. The van der Waals surface area contributed by atoms with Crippen molar-refractivity contribution in [2.45, 2.75) is 331 Å². The summed E-state index contributed by atoms with van der Waals surface area (Å²) in [6, 6.07) is -5.12. The summed E-state index contributed by atoms with van der Waals surface area (Å²) in [6.07, 6.45) is -13.7. The molecular formula is C91H138Cl2N12O25S. The van der Waals surface area contributed by atoms with E-state index < -0.39 is 262 Å². The third kappa shape index (κ3) is 23.1. The van der Waals surface area contributed by atoms with E-state index in [0.29, 0.717) is 24.2 Å². The molecule has 11 fully saturated rings. The van der Waals surface area contributed by atoms with E-state index in [0.717, 1.165) is 57.8 Å². The summed E-state index contributed by atoms with van der Waals surface area (Å²) in [4.78, 5) is 124. The highest BCUT2D eigenvalue weighted by atomic mass is 35.5. The van der Waals surface area contributed by atoms with E-state index >= 15 is 28.8 Å². The van der Waals surface area contributed by atoms with Crippen molar-refractivity contribution in [3.8, 4) is 23.0 Å². The Bertz CT molecular complexity index is 4380. The summed E-state index contributed by atoms with van der Waals surface area (Å²) in [5.41, 5.74) is 12.1. The van der Waals surface area contributed by atoms with Crippen molar-refractivity contribution in [2.75, 3.05) is 39.9 Å². The summed E-state index contributed by atoms with van der Waals surface area (Å²) in [5, 5.41) is 135. The van der Waals surface area contributed by atoms with Gasteiger partial charge in [-0.3, -0.25) is 38.4 Å². The van der Waals surface area contributed by atoms with E-state index in [2.05, 4.69) is 59.5 Å². The number of halogens is 2. The van der Waals surface area contributed by atoms with E-state index in [1.54, 1.807) is 19.1 Å². The van der Waals surface area contributed by atoms with Crippen molar-refractivity contribution in [3.63, 3.8) is 0 Å². The van der Waals surface area contributed by atoms with Gasteiger partial charge >= 0.3 is 0 Å². The zero-order valence-electron chi connectivity index (χ0n) is 75.1. The molecule has 6 aliphatic heterocycles. The molecular weight excluding hydrogens is 1760 g/mol. The molecule has 32 atom stereocenters. The van der Waals surface area contributed by atoms with Crippen LogP contribution in [0.4, 0.5) is 0 Å². The number of nitrogens with one attached hydrogen (secondary N) is 10. The number of hydrogen-bond donors (Lipinski definition) is 21. The molecule has 2 saturated heterocycles. The van der Waals surface area contributed by atoms with Crippen LogP contribution >= 0.6 is 23.2 Å². The van der Waals surface area contributed by atoms with Gasteiger partial charge in [-0.25, -0.2) is 13.1 Å². The summed E-state index contributed by atoms with van der Waals surface area (Å²) in [7, 11) is -2.54. The van der Waals surface area contributed by atoms with Gasteiger partial charge in [0.15, 0.2) is 17.8 Å². The largest absolute Gasteiger partial charge is 0.494 e. The van der Waals surface area contributed by atoms with Crippen LogP contribution in [-0.2, 0) is 57.9 Å². The van der Waals surface area contributed by atoms with Crippen molar-refractivity contribution in [1.82, 2.24) is 52.6 Å². The number of aliphatic hydroxyl groups excluding tert-OH is 9. The summed E-state index contributed by atoms with van der Waals surface area (Å²) >= 11 is 15.1. The van der Waals surface area contributed by atoms with Crippen LogP contribution in [0.15, 0.2) is 41.3 Å². The van der Waals surface area contributed by atoms with Gasteiger partial charge in [-0.15, -0.1) is 23.2 Å². The third-order valence-corrected chi connectivity index (χ3v) is 32.9. The number of amides is 8. The predicted octanol–water partition coefficient (Wildman–Crippen LogP) is -0.241. The second-order valence-corrected chi connectivity index (χ2v) is 42.8. The summed E-state index contributed by atoms with van der Waals surface area (Å²) in [6.45, 7) is 6.87. The van der Waals surface area contributed by atoms with Crippen LogP contribution in [0.5, 0.6) is 23.0 Å². The van der Waals surface area contributed by atoms with Crippen LogP contribution in [0, 0.1) is 76.9 Å². The quantitative estimate of drug-likeness (QED) is 0.0405. The molecule has 15 aliphatic rings. The smallest absolute Gasteiger partial charge is 0.247 e. The molecule has 732 valence electrons. The minimum Gasteiger partial charge on any atom is -0.494 e. The number of benzene rings is 2. The highest BCUT2D eigenvalue weighted by Gasteiger charge is 2.58. The minimum atomic E-state index is -4.07. The molecule has 8 amide bonds. The fraction of sp³-hybridized carbons (Fsp3) is 0.780. The number of primary amides is 1. The number of hydrogen-bond acceptors (Lipinski definition) is 28. The first-order valence-electron chi connectivity index (χ1n) is 47.6. The highest BCUT2D eigenvalue weighted by Crippen LogP contribution is 2.55. The molecule has 0 radical (unpaired) electrons. The van der Waals surface area contributed by atoms with Gasteiger partial charge in [-0.1, -0.05) is 40.0 Å². The number of alkyl halides is 2. The van der Waals surface area contributed by atoms with Gasteiger partial charge in [0.05, 0.1) is 83.6 Å². The summed E-state index contributed by atoms with van der Waals surface area (Å²) < 4.78 is 69.9. The number of unbranched alkanes of at least 4 members (excludes halogenated alkanes) is 3. The number of nitrogens with two attached hydrogens (primary N) is 2. The van der Waals surface area contributed by atoms with Gasteiger partial charge in [-0.05, 0) is 237 Å². The minimum absolute atomic E-state index is 0.00923. The van der Waals surface area contributed by atoms with Crippen LogP contribution in [0.3, 0.4) is 0 Å². The number of carbonyl (C=O) groups is 8. The molecule has 23 N–H and O–H groups in total. The van der Waals surface area contributed by atoms with Crippen LogP contribution in [-0.4, -0.2) is 286 Å². The topological polar surface area (TPSA) is 580 Å². The Morgan fingerprint density at radius 2 is 1.28 bits per heavy atom. The van der Waals surface area contributed by atoms with Crippen LogP contribution in [0.1, 0.15) is 187 Å². The molecule has 37 nitrogen and oxygen atoms in total. The fourth-order valence-corrected chi connectivity index (χ4v) is 25.5. The Balaban J connectivity index is 0.869.